The average molecular weight is 437 g/mol. The summed E-state index contributed by atoms with van der Waals surface area (Å²) in [5.41, 5.74) is -1.07. The number of halogens is 3. The fourth-order valence-corrected chi connectivity index (χ4v) is 3.09. The van der Waals surface area contributed by atoms with Gasteiger partial charge in [-0.1, -0.05) is 6.92 Å². The van der Waals surface area contributed by atoms with Crippen LogP contribution < -0.4 is 14.8 Å². The number of anilines is 1. The zero-order chi connectivity index (χ0) is 22.9. The molecule has 8 nitrogen and oxygen atoms in total. The Morgan fingerprint density at radius 3 is 2.35 bits per heavy atom. The van der Waals surface area contributed by atoms with Crippen molar-refractivity contribution in [1.82, 2.24) is 9.38 Å². The Bertz CT molecular complexity index is 1170. The first kappa shape index (κ1) is 21.9. The van der Waals surface area contributed by atoms with Crippen molar-refractivity contribution in [3.05, 3.63) is 53.0 Å². The van der Waals surface area contributed by atoms with E-state index >= 15 is 0 Å². The molecule has 0 unspecified atom stereocenters. The van der Waals surface area contributed by atoms with Gasteiger partial charge < -0.3 is 19.9 Å². The molecule has 0 saturated carbocycles. The van der Waals surface area contributed by atoms with Crippen LogP contribution in [0.1, 0.15) is 39.0 Å². The fourth-order valence-electron chi connectivity index (χ4n) is 3.09. The van der Waals surface area contributed by atoms with Gasteiger partial charge in [0.05, 0.1) is 36.7 Å². The van der Waals surface area contributed by atoms with Crippen LogP contribution in [0, 0.1) is 0 Å². The van der Waals surface area contributed by atoms with E-state index in [1.807, 2.05) is 0 Å². The highest BCUT2D eigenvalue weighted by molar-refractivity contribution is 6.08. The SMILES string of the molecule is CCc1nc2ccc(C(F)(F)F)cn2c1C(=O)Nc1cc(OC)c(OC)cc1C(=O)O. The van der Waals surface area contributed by atoms with Crippen molar-refractivity contribution in [2.75, 3.05) is 19.5 Å². The number of amides is 1. The van der Waals surface area contributed by atoms with Gasteiger partial charge in [-0.2, -0.15) is 13.2 Å². The molecule has 2 N–H and O–H groups in total. The predicted octanol–water partition coefficient (Wildman–Crippen LogP) is 3.88. The number of pyridine rings is 1. The second-order valence-electron chi connectivity index (χ2n) is 6.42. The number of aromatic carboxylic acids is 1. The van der Waals surface area contributed by atoms with Crippen LogP contribution in [0.15, 0.2) is 30.5 Å². The van der Waals surface area contributed by atoms with Crippen molar-refractivity contribution in [2.45, 2.75) is 19.5 Å². The number of nitrogens with one attached hydrogen (secondary N) is 1. The van der Waals surface area contributed by atoms with Gasteiger partial charge in [0.25, 0.3) is 5.91 Å². The smallest absolute Gasteiger partial charge is 0.417 e. The van der Waals surface area contributed by atoms with E-state index in [4.69, 9.17) is 9.47 Å². The van der Waals surface area contributed by atoms with Gasteiger partial charge in [0, 0.05) is 18.3 Å². The number of aromatic nitrogens is 2. The number of carboxylic acid groups (broad SMARTS) is 1. The Hall–Kier alpha value is -3.76. The quantitative estimate of drug-likeness (QED) is 0.607. The lowest BCUT2D eigenvalue weighted by Gasteiger charge is -2.14. The molecule has 3 rings (SSSR count). The van der Waals surface area contributed by atoms with Crippen molar-refractivity contribution in [2.24, 2.45) is 0 Å². The summed E-state index contributed by atoms with van der Waals surface area (Å²) in [5.74, 6) is -1.87. The fraction of sp³-hybridized carbons (Fsp3) is 0.250. The standard InChI is InChI=1S/C20H18F3N3O5/c1-4-12-17(26-9-10(20(21,22)23)5-6-16(26)24-12)18(27)25-13-8-15(31-3)14(30-2)7-11(13)19(28)29/h5-9H,4H2,1-3H3,(H,25,27)(H,28,29). The number of carboxylic acids is 1. The summed E-state index contributed by atoms with van der Waals surface area (Å²) in [4.78, 5) is 28.9. The molecule has 2 aromatic heterocycles. The molecule has 0 atom stereocenters. The van der Waals surface area contributed by atoms with E-state index in [1.54, 1.807) is 6.92 Å². The maximum atomic E-state index is 13.2. The highest BCUT2D eigenvalue weighted by Crippen LogP contribution is 2.34. The van der Waals surface area contributed by atoms with E-state index in [9.17, 15) is 27.9 Å². The van der Waals surface area contributed by atoms with Gasteiger partial charge in [0.2, 0.25) is 0 Å². The number of hydrogen-bond acceptors (Lipinski definition) is 5. The van der Waals surface area contributed by atoms with Gasteiger partial charge in [-0.15, -0.1) is 0 Å². The first-order valence-corrected chi connectivity index (χ1v) is 8.99. The van der Waals surface area contributed by atoms with Gasteiger partial charge in [0.15, 0.2) is 11.5 Å². The second kappa shape index (κ2) is 8.17. The third-order valence-corrected chi connectivity index (χ3v) is 4.57. The largest absolute Gasteiger partial charge is 0.493 e. The van der Waals surface area contributed by atoms with Gasteiger partial charge in [-0.25, -0.2) is 9.78 Å². The Morgan fingerprint density at radius 1 is 1.16 bits per heavy atom. The number of alkyl halides is 3. The number of nitrogens with zero attached hydrogens (tertiary/aromatic N) is 2. The zero-order valence-electron chi connectivity index (χ0n) is 16.7. The lowest BCUT2D eigenvalue weighted by atomic mass is 10.1. The third kappa shape index (κ3) is 4.11. The second-order valence-corrected chi connectivity index (χ2v) is 6.42. The summed E-state index contributed by atoms with van der Waals surface area (Å²) >= 11 is 0. The van der Waals surface area contributed by atoms with Crippen LogP contribution in [0.25, 0.3) is 5.65 Å². The number of benzene rings is 1. The number of rotatable bonds is 6. The van der Waals surface area contributed by atoms with Crippen molar-refractivity contribution < 1.29 is 37.3 Å². The van der Waals surface area contributed by atoms with Gasteiger partial charge >= 0.3 is 12.1 Å². The number of imidazole rings is 1. The molecule has 0 radical (unpaired) electrons. The van der Waals surface area contributed by atoms with Crippen LogP contribution in [-0.4, -0.2) is 40.6 Å². The Morgan fingerprint density at radius 2 is 1.81 bits per heavy atom. The van der Waals surface area contributed by atoms with E-state index in [0.717, 1.165) is 22.7 Å². The number of ether oxygens (including phenoxy) is 2. The molecule has 0 fully saturated rings. The van der Waals surface area contributed by atoms with Crippen LogP contribution in [0.5, 0.6) is 11.5 Å². The molecular formula is C20H18F3N3O5. The Labute approximate surface area is 174 Å². The van der Waals surface area contributed by atoms with Crippen LogP contribution in [0.3, 0.4) is 0 Å². The van der Waals surface area contributed by atoms with Crippen LogP contribution in [0.4, 0.5) is 18.9 Å². The molecule has 0 aliphatic carbocycles. The third-order valence-electron chi connectivity index (χ3n) is 4.57. The highest BCUT2D eigenvalue weighted by Gasteiger charge is 2.32. The van der Waals surface area contributed by atoms with Gasteiger partial charge in [-0.3, -0.25) is 9.20 Å². The van der Waals surface area contributed by atoms with E-state index in [0.29, 0.717) is 0 Å². The summed E-state index contributed by atoms with van der Waals surface area (Å²) < 4.78 is 50.7. The number of carbonyl (C=O) groups is 2. The molecule has 0 spiro atoms. The molecule has 1 amide bonds. The summed E-state index contributed by atoms with van der Waals surface area (Å²) in [5, 5.41) is 11.9. The molecule has 2 heterocycles. The number of methoxy groups -OCH3 is 2. The first-order chi connectivity index (χ1) is 14.6. The van der Waals surface area contributed by atoms with Gasteiger partial charge in [0.1, 0.15) is 11.3 Å². The van der Waals surface area contributed by atoms with E-state index < -0.39 is 23.6 Å². The van der Waals surface area contributed by atoms with Crippen molar-refractivity contribution in [3.63, 3.8) is 0 Å². The Kier molecular flexibility index (Phi) is 5.78. The minimum absolute atomic E-state index is 0.112. The molecule has 164 valence electrons. The minimum Gasteiger partial charge on any atom is -0.493 e. The summed E-state index contributed by atoms with van der Waals surface area (Å²) in [6.45, 7) is 1.70. The van der Waals surface area contributed by atoms with Crippen molar-refractivity contribution in [1.29, 1.82) is 0 Å². The van der Waals surface area contributed by atoms with Crippen LogP contribution in [0.2, 0.25) is 0 Å². The predicted molar refractivity (Wildman–Crippen MR) is 104 cm³/mol. The number of fused-ring (bicyclic) bond motifs is 1. The van der Waals surface area contributed by atoms with Crippen LogP contribution in [-0.2, 0) is 12.6 Å². The molecule has 0 aliphatic rings. The number of hydrogen-bond donors (Lipinski definition) is 2. The maximum Gasteiger partial charge on any atom is 0.417 e. The molecule has 3 aromatic rings. The molecule has 1 aromatic carbocycles. The molecule has 0 aliphatic heterocycles. The van der Waals surface area contributed by atoms with Crippen molar-refractivity contribution >= 4 is 23.2 Å². The molecule has 0 bridgehead atoms. The number of carbonyl (C=O) groups excluding carboxylic acids is 1. The lowest BCUT2D eigenvalue weighted by Crippen LogP contribution is -2.19. The molecular weight excluding hydrogens is 419 g/mol. The first-order valence-electron chi connectivity index (χ1n) is 8.99. The number of aryl methyl sites for hydroxylation is 1. The molecule has 11 heteroatoms. The summed E-state index contributed by atoms with van der Waals surface area (Å²) in [6.07, 6.45) is -3.56. The Balaban J connectivity index is 2.13. The van der Waals surface area contributed by atoms with E-state index in [1.165, 1.54) is 26.4 Å². The highest BCUT2D eigenvalue weighted by atomic mass is 19.4. The van der Waals surface area contributed by atoms with E-state index in [2.05, 4.69) is 10.3 Å². The summed E-state index contributed by atoms with van der Waals surface area (Å²) in [7, 11) is 2.66. The van der Waals surface area contributed by atoms with Crippen molar-refractivity contribution in [3.8, 4) is 11.5 Å². The maximum absolute atomic E-state index is 13.2. The minimum atomic E-state index is -4.61. The lowest BCUT2D eigenvalue weighted by molar-refractivity contribution is -0.137. The summed E-state index contributed by atoms with van der Waals surface area (Å²) in [6, 6.07) is 4.47. The monoisotopic (exact) mass is 437 g/mol. The molecule has 31 heavy (non-hydrogen) atoms. The normalized spacial score (nSPS) is 11.4. The van der Waals surface area contributed by atoms with E-state index in [-0.39, 0.29) is 46.2 Å². The molecule has 0 saturated heterocycles. The topological polar surface area (TPSA) is 102 Å². The van der Waals surface area contributed by atoms with Gasteiger partial charge in [-0.05, 0) is 18.6 Å². The van der Waals surface area contributed by atoms with Crippen LogP contribution >= 0.6 is 0 Å². The average Bonchev–Trinajstić information content (AvgIpc) is 3.10. The zero-order valence-corrected chi connectivity index (χ0v) is 16.7.